The fourth-order valence-electron chi connectivity index (χ4n) is 4.58. The van der Waals surface area contributed by atoms with Gasteiger partial charge in [0.1, 0.15) is 18.5 Å². The first kappa shape index (κ1) is 24.7. The standard InChI is InChI=1S/C29H35N5O3/c1-19(2)20(3)37-29(35)32-22-9-7-21(8-10-22)28-27(30)25-17-24(36-16-15-33-14-13-31-18-33)11-12-26(25)34(28)23-5-4-6-23/h7-14,17-20,23H,4-6,15-16,30H2,1-3H3,(H,32,35). The molecule has 1 atom stereocenters. The molecule has 8 heteroatoms. The number of carbonyl (C=O) groups is 1. The molecule has 1 aliphatic carbocycles. The van der Waals surface area contributed by atoms with Gasteiger partial charge in [-0.05, 0) is 62.4 Å². The van der Waals surface area contributed by atoms with Gasteiger partial charge in [0.2, 0.25) is 0 Å². The summed E-state index contributed by atoms with van der Waals surface area (Å²) in [5.41, 5.74) is 11.4. The van der Waals surface area contributed by atoms with E-state index in [0.29, 0.717) is 18.3 Å². The summed E-state index contributed by atoms with van der Waals surface area (Å²) in [4.78, 5) is 16.3. The third-order valence-corrected chi connectivity index (χ3v) is 7.27. The predicted octanol–water partition coefficient (Wildman–Crippen LogP) is 6.48. The van der Waals surface area contributed by atoms with Crippen molar-refractivity contribution in [1.29, 1.82) is 0 Å². The van der Waals surface area contributed by atoms with Crippen molar-refractivity contribution in [3.05, 3.63) is 61.2 Å². The summed E-state index contributed by atoms with van der Waals surface area (Å²) < 4.78 is 15.8. The van der Waals surface area contributed by atoms with Gasteiger partial charge >= 0.3 is 6.09 Å². The molecule has 0 aliphatic heterocycles. The van der Waals surface area contributed by atoms with Crippen LogP contribution in [-0.4, -0.2) is 32.9 Å². The zero-order valence-corrected chi connectivity index (χ0v) is 21.7. The Labute approximate surface area is 217 Å². The molecular weight excluding hydrogens is 466 g/mol. The van der Waals surface area contributed by atoms with E-state index >= 15 is 0 Å². The topological polar surface area (TPSA) is 96.3 Å². The zero-order valence-electron chi connectivity index (χ0n) is 21.7. The maximum atomic E-state index is 12.2. The summed E-state index contributed by atoms with van der Waals surface area (Å²) in [5.74, 6) is 1.05. The van der Waals surface area contributed by atoms with Gasteiger partial charge in [-0.3, -0.25) is 5.32 Å². The Bertz CT molecular complexity index is 1350. The van der Waals surface area contributed by atoms with Gasteiger partial charge in [-0.1, -0.05) is 26.0 Å². The molecule has 5 rings (SSSR count). The highest BCUT2D eigenvalue weighted by Crippen LogP contribution is 2.44. The van der Waals surface area contributed by atoms with E-state index in [1.807, 2.05) is 67.9 Å². The number of ether oxygens (including phenoxy) is 2. The Morgan fingerprint density at radius 3 is 2.59 bits per heavy atom. The van der Waals surface area contributed by atoms with Gasteiger partial charge in [0.15, 0.2) is 0 Å². The van der Waals surface area contributed by atoms with Crippen molar-refractivity contribution in [2.24, 2.45) is 5.92 Å². The van der Waals surface area contributed by atoms with E-state index in [1.165, 1.54) is 6.42 Å². The van der Waals surface area contributed by atoms with Crippen LogP contribution in [0.1, 0.15) is 46.1 Å². The lowest BCUT2D eigenvalue weighted by molar-refractivity contribution is 0.0940. The Hall–Kier alpha value is -3.94. The second-order valence-electron chi connectivity index (χ2n) is 10.1. The van der Waals surface area contributed by atoms with E-state index in [0.717, 1.165) is 53.0 Å². The molecule has 3 N–H and O–H groups in total. The number of benzene rings is 2. The molecule has 1 amide bonds. The largest absolute Gasteiger partial charge is 0.492 e. The maximum absolute atomic E-state index is 12.2. The molecule has 37 heavy (non-hydrogen) atoms. The van der Waals surface area contributed by atoms with Crippen LogP contribution in [0.25, 0.3) is 22.2 Å². The van der Waals surface area contributed by atoms with Crippen molar-refractivity contribution >= 4 is 28.4 Å². The highest BCUT2D eigenvalue weighted by molar-refractivity contribution is 6.02. The molecule has 0 saturated heterocycles. The number of carbonyl (C=O) groups excluding carboxylic acids is 1. The summed E-state index contributed by atoms with van der Waals surface area (Å²) in [6.07, 6.45) is 8.36. The number of anilines is 2. The highest BCUT2D eigenvalue weighted by Gasteiger charge is 2.27. The molecule has 0 radical (unpaired) electrons. The van der Waals surface area contributed by atoms with Crippen LogP contribution in [0.3, 0.4) is 0 Å². The van der Waals surface area contributed by atoms with Gasteiger partial charge in [-0.15, -0.1) is 0 Å². The lowest BCUT2D eigenvalue weighted by Crippen LogP contribution is -2.23. The molecule has 194 valence electrons. The molecule has 1 saturated carbocycles. The number of hydrogen-bond donors (Lipinski definition) is 2. The van der Waals surface area contributed by atoms with Crippen molar-refractivity contribution in [2.45, 2.75) is 58.7 Å². The van der Waals surface area contributed by atoms with E-state index in [9.17, 15) is 4.79 Å². The normalized spacial score (nSPS) is 14.5. The summed E-state index contributed by atoms with van der Waals surface area (Å²) in [6.45, 7) is 7.21. The van der Waals surface area contributed by atoms with Crippen LogP contribution in [-0.2, 0) is 11.3 Å². The number of aromatic nitrogens is 3. The first-order chi connectivity index (χ1) is 17.9. The molecule has 0 spiro atoms. The summed E-state index contributed by atoms with van der Waals surface area (Å²) in [7, 11) is 0. The van der Waals surface area contributed by atoms with Crippen molar-refractivity contribution in [1.82, 2.24) is 14.1 Å². The number of rotatable bonds is 9. The summed E-state index contributed by atoms with van der Waals surface area (Å²) >= 11 is 0. The minimum atomic E-state index is -0.447. The van der Waals surface area contributed by atoms with Gasteiger partial charge in [0.05, 0.1) is 29.8 Å². The third kappa shape index (κ3) is 5.28. The molecule has 2 heterocycles. The first-order valence-electron chi connectivity index (χ1n) is 13.0. The molecule has 4 aromatic rings. The third-order valence-electron chi connectivity index (χ3n) is 7.27. The van der Waals surface area contributed by atoms with Gasteiger partial charge < -0.3 is 24.3 Å². The lowest BCUT2D eigenvalue weighted by Gasteiger charge is -2.30. The van der Waals surface area contributed by atoms with E-state index in [2.05, 4.69) is 20.9 Å². The van der Waals surface area contributed by atoms with Crippen LogP contribution in [0, 0.1) is 5.92 Å². The van der Waals surface area contributed by atoms with E-state index in [1.54, 1.807) is 12.5 Å². The highest BCUT2D eigenvalue weighted by atomic mass is 16.6. The minimum absolute atomic E-state index is 0.156. The maximum Gasteiger partial charge on any atom is 0.411 e. The number of fused-ring (bicyclic) bond motifs is 1. The fourth-order valence-corrected chi connectivity index (χ4v) is 4.58. The van der Waals surface area contributed by atoms with Crippen molar-refractivity contribution in [3.63, 3.8) is 0 Å². The smallest absolute Gasteiger partial charge is 0.411 e. The number of amides is 1. The Balaban J connectivity index is 1.39. The molecular formula is C29H35N5O3. The van der Waals surface area contributed by atoms with Crippen LogP contribution in [0.4, 0.5) is 16.2 Å². The van der Waals surface area contributed by atoms with E-state index < -0.39 is 6.09 Å². The predicted molar refractivity (Wildman–Crippen MR) is 147 cm³/mol. The molecule has 1 aliphatic rings. The number of nitrogens with zero attached hydrogens (tertiary/aromatic N) is 3. The van der Waals surface area contributed by atoms with Crippen LogP contribution >= 0.6 is 0 Å². The fraction of sp³-hybridized carbons (Fsp3) is 0.379. The van der Waals surface area contributed by atoms with E-state index in [4.69, 9.17) is 15.2 Å². The van der Waals surface area contributed by atoms with Gasteiger partial charge in [0, 0.05) is 35.1 Å². The van der Waals surface area contributed by atoms with Crippen molar-refractivity contribution < 1.29 is 14.3 Å². The second-order valence-corrected chi connectivity index (χ2v) is 10.1. The number of hydrogen-bond acceptors (Lipinski definition) is 5. The Morgan fingerprint density at radius 1 is 1.16 bits per heavy atom. The number of nitrogens with two attached hydrogens (primary N) is 1. The monoisotopic (exact) mass is 501 g/mol. The lowest BCUT2D eigenvalue weighted by atomic mass is 9.92. The molecule has 2 aromatic carbocycles. The summed E-state index contributed by atoms with van der Waals surface area (Å²) in [6, 6.07) is 14.4. The van der Waals surface area contributed by atoms with Crippen LogP contribution in [0.15, 0.2) is 61.2 Å². The number of nitrogen functional groups attached to an aromatic ring is 1. The average Bonchev–Trinajstić information content (AvgIpc) is 3.45. The minimum Gasteiger partial charge on any atom is -0.492 e. The average molecular weight is 502 g/mol. The molecule has 0 bridgehead atoms. The van der Waals surface area contributed by atoms with Gasteiger partial charge in [-0.2, -0.15) is 0 Å². The van der Waals surface area contributed by atoms with E-state index in [-0.39, 0.29) is 12.0 Å². The van der Waals surface area contributed by atoms with Gasteiger partial charge in [-0.25, -0.2) is 9.78 Å². The SMILES string of the molecule is CC(C)C(C)OC(=O)Nc1ccc(-c2c(N)c3cc(OCCn4ccnc4)ccc3n2C2CCC2)cc1. The quantitative estimate of drug-likeness (QED) is 0.273. The summed E-state index contributed by atoms with van der Waals surface area (Å²) in [5, 5.41) is 3.82. The van der Waals surface area contributed by atoms with Crippen LogP contribution in [0.2, 0.25) is 0 Å². The molecule has 8 nitrogen and oxygen atoms in total. The molecule has 1 fully saturated rings. The van der Waals surface area contributed by atoms with Crippen LogP contribution < -0.4 is 15.8 Å². The molecule has 2 aromatic heterocycles. The first-order valence-corrected chi connectivity index (χ1v) is 13.0. The zero-order chi connectivity index (χ0) is 25.9. The Morgan fingerprint density at radius 2 is 1.95 bits per heavy atom. The Kier molecular flexibility index (Phi) is 7.08. The van der Waals surface area contributed by atoms with Crippen molar-refractivity contribution in [3.8, 4) is 17.0 Å². The van der Waals surface area contributed by atoms with Gasteiger partial charge in [0.25, 0.3) is 0 Å². The molecule has 1 unspecified atom stereocenters. The number of imidazole rings is 1. The van der Waals surface area contributed by atoms with Crippen LogP contribution in [0.5, 0.6) is 5.75 Å². The number of nitrogens with one attached hydrogen (secondary N) is 1. The van der Waals surface area contributed by atoms with Crippen molar-refractivity contribution in [2.75, 3.05) is 17.7 Å². The second kappa shape index (κ2) is 10.6.